The van der Waals surface area contributed by atoms with Gasteiger partial charge in [-0.2, -0.15) is 0 Å². The molecule has 5 rings (SSSR count). The van der Waals surface area contributed by atoms with Crippen LogP contribution in [0.3, 0.4) is 0 Å². The lowest BCUT2D eigenvalue weighted by Gasteiger charge is -2.45. The average molecular weight is 583 g/mol. The summed E-state index contributed by atoms with van der Waals surface area (Å²) in [6.07, 6.45) is 1.11. The number of anilines is 1. The quantitative estimate of drug-likeness (QED) is 0.377. The van der Waals surface area contributed by atoms with Crippen LogP contribution >= 0.6 is 22.9 Å². The average Bonchev–Trinajstić information content (AvgIpc) is 3.44. The number of hydrogen-bond donors (Lipinski definition) is 3. The van der Waals surface area contributed by atoms with E-state index in [4.69, 9.17) is 11.6 Å². The fourth-order valence-corrected chi connectivity index (χ4v) is 9.11. The zero-order valence-electron chi connectivity index (χ0n) is 20.1. The topological polar surface area (TPSA) is 117 Å². The third kappa shape index (κ3) is 4.54. The summed E-state index contributed by atoms with van der Waals surface area (Å²) in [7, 11) is -4.04. The Labute approximate surface area is 227 Å². The summed E-state index contributed by atoms with van der Waals surface area (Å²) in [6, 6.07) is 6.69. The van der Waals surface area contributed by atoms with Crippen molar-refractivity contribution in [1.82, 2.24) is 4.98 Å². The minimum Gasteiger partial charge on any atom is -0.386 e. The van der Waals surface area contributed by atoms with Crippen molar-refractivity contribution in [2.45, 2.75) is 48.0 Å². The number of sulfone groups is 1. The van der Waals surface area contributed by atoms with E-state index in [1.165, 1.54) is 35.6 Å². The molecular formula is C26H25ClF2N2O5S2. The van der Waals surface area contributed by atoms with E-state index >= 15 is 0 Å². The minimum atomic E-state index is -4.04. The summed E-state index contributed by atoms with van der Waals surface area (Å²) < 4.78 is 54.3. The Hall–Kier alpha value is -2.44. The lowest BCUT2D eigenvalue weighted by atomic mass is 9.70. The number of nitrogens with one attached hydrogen (secondary N) is 1. The monoisotopic (exact) mass is 582 g/mol. The van der Waals surface area contributed by atoms with Gasteiger partial charge in [-0.15, -0.1) is 11.3 Å². The van der Waals surface area contributed by atoms with E-state index < -0.39 is 56.2 Å². The van der Waals surface area contributed by atoms with E-state index in [-0.39, 0.29) is 39.9 Å². The lowest BCUT2D eigenvalue weighted by molar-refractivity contribution is -0.148. The van der Waals surface area contributed by atoms with Crippen molar-refractivity contribution in [2.24, 2.45) is 17.8 Å². The van der Waals surface area contributed by atoms with Gasteiger partial charge in [-0.1, -0.05) is 18.5 Å². The van der Waals surface area contributed by atoms with Crippen molar-refractivity contribution in [2.75, 3.05) is 5.32 Å². The first-order chi connectivity index (χ1) is 17.9. The number of rotatable bonds is 6. The number of halogens is 3. The molecule has 3 aromatic rings. The molecule has 2 bridgehead atoms. The third-order valence-electron chi connectivity index (χ3n) is 7.89. The van der Waals surface area contributed by atoms with Gasteiger partial charge >= 0.3 is 0 Å². The van der Waals surface area contributed by atoms with Crippen molar-refractivity contribution >= 4 is 44.4 Å². The molecule has 2 fully saturated rings. The molecule has 0 radical (unpaired) electrons. The fourth-order valence-electron chi connectivity index (χ4n) is 6.03. The van der Waals surface area contributed by atoms with Gasteiger partial charge < -0.3 is 15.5 Å². The van der Waals surface area contributed by atoms with Gasteiger partial charge in [-0.3, -0.25) is 4.79 Å². The highest BCUT2D eigenvalue weighted by Gasteiger charge is 2.62. The highest BCUT2D eigenvalue weighted by atomic mass is 35.5. The van der Waals surface area contributed by atoms with Crippen molar-refractivity contribution < 1.29 is 32.2 Å². The Balaban J connectivity index is 1.41. The van der Waals surface area contributed by atoms with Crippen molar-refractivity contribution in [3.63, 3.8) is 0 Å². The molecule has 2 saturated carbocycles. The van der Waals surface area contributed by atoms with Crippen LogP contribution in [0, 0.1) is 29.4 Å². The van der Waals surface area contributed by atoms with E-state index in [1.807, 2.05) is 6.92 Å². The maximum Gasteiger partial charge on any atom is 0.255 e. The predicted octanol–water partition coefficient (Wildman–Crippen LogP) is 5.00. The molecule has 38 heavy (non-hydrogen) atoms. The Morgan fingerprint density at radius 2 is 1.95 bits per heavy atom. The number of aromatic nitrogens is 1. The Bertz CT molecular complexity index is 1490. The van der Waals surface area contributed by atoms with E-state index in [1.54, 1.807) is 11.6 Å². The molecule has 0 aliphatic heterocycles. The summed E-state index contributed by atoms with van der Waals surface area (Å²) in [5, 5.41) is 26.3. The number of aliphatic hydroxyl groups excluding tert-OH is 1. The number of thiazole rings is 1. The fraction of sp³-hybridized carbons (Fsp3) is 0.385. The molecule has 7 nitrogen and oxygen atoms in total. The van der Waals surface area contributed by atoms with Crippen LogP contribution in [0.2, 0.25) is 5.02 Å². The molecule has 2 aliphatic rings. The molecule has 2 aliphatic carbocycles. The van der Waals surface area contributed by atoms with E-state index in [9.17, 15) is 32.2 Å². The van der Waals surface area contributed by atoms with Crippen LogP contribution in [0.25, 0.3) is 0 Å². The molecule has 12 heteroatoms. The molecule has 6 atom stereocenters. The molecule has 3 unspecified atom stereocenters. The van der Waals surface area contributed by atoms with Gasteiger partial charge in [0.2, 0.25) is 0 Å². The SMILES string of the molecule is C[C@H]1CC2CC(S(=O)(=O)c3cc(C(=O)Nc4ccc(F)c(F)c4)ccc3Cl)CC1[C@@]2(O)[C@@H](O)c1nccs1. The Kier molecular flexibility index (Phi) is 7.10. The normalized spacial score (nSPS) is 27.7. The molecule has 0 spiro atoms. The first-order valence-electron chi connectivity index (χ1n) is 12.0. The number of carbonyl (C=O) groups is 1. The molecular weight excluding hydrogens is 558 g/mol. The third-order valence-corrected chi connectivity index (χ3v) is 11.4. The van der Waals surface area contributed by atoms with Crippen molar-refractivity contribution in [3.8, 4) is 0 Å². The van der Waals surface area contributed by atoms with Crippen LogP contribution in [-0.2, 0) is 9.84 Å². The Morgan fingerprint density at radius 1 is 1.18 bits per heavy atom. The largest absolute Gasteiger partial charge is 0.386 e. The second-order valence-electron chi connectivity index (χ2n) is 10.0. The number of nitrogens with zero attached hydrogens (tertiary/aromatic N) is 1. The summed E-state index contributed by atoms with van der Waals surface area (Å²) >= 11 is 7.53. The van der Waals surface area contributed by atoms with Crippen molar-refractivity contribution in [3.05, 3.63) is 75.2 Å². The molecule has 3 N–H and O–H groups in total. The smallest absolute Gasteiger partial charge is 0.255 e. The molecule has 0 saturated heterocycles. The molecule has 2 aromatic carbocycles. The summed E-state index contributed by atoms with van der Waals surface area (Å²) in [4.78, 5) is 16.7. The predicted molar refractivity (Wildman–Crippen MR) is 139 cm³/mol. The summed E-state index contributed by atoms with van der Waals surface area (Å²) in [5.41, 5.74) is -1.52. The standard InChI is InChI=1S/C26H25ClF2N2O5S2/c1-13-8-15-10-17(12-18(13)26(15,34)23(32)25-30-6-7-37-25)38(35,36)22-9-14(2-4-19(22)27)24(33)31-16-3-5-20(28)21(29)11-16/h2-7,9,11,13,15,17-18,23,32,34H,8,10,12H2,1H3,(H,31,33)/t13-,15?,17?,18?,23-,26+/m0/s1. The molecule has 1 aromatic heterocycles. The number of aliphatic hydroxyl groups is 2. The van der Waals surface area contributed by atoms with Gasteiger partial charge in [-0.05, 0) is 67.3 Å². The summed E-state index contributed by atoms with van der Waals surface area (Å²) in [6.45, 7) is 1.94. The van der Waals surface area contributed by atoms with Crippen LogP contribution < -0.4 is 5.32 Å². The van der Waals surface area contributed by atoms with Crippen LogP contribution in [0.4, 0.5) is 14.5 Å². The number of amides is 1. The zero-order valence-corrected chi connectivity index (χ0v) is 22.5. The number of carbonyl (C=O) groups excluding carboxylic acids is 1. The number of fused-ring (bicyclic) bond motifs is 2. The summed E-state index contributed by atoms with van der Waals surface area (Å²) in [5.74, 6) is -3.91. The van der Waals surface area contributed by atoms with E-state index in [0.29, 0.717) is 11.4 Å². The van der Waals surface area contributed by atoms with Gasteiger partial charge in [0.15, 0.2) is 21.5 Å². The molecule has 1 heterocycles. The van der Waals surface area contributed by atoms with Crippen LogP contribution in [0.5, 0.6) is 0 Å². The van der Waals surface area contributed by atoms with E-state index in [2.05, 4.69) is 10.3 Å². The minimum absolute atomic E-state index is 0.00387. The van der Waals surface area contributed by atoms with Crippen LogP contribution in [0.15, 0.2) is 52.9 Å². The van der Waals surface area contributed by atoms with Crippen LogP contribution in [0.1, 0.15) is 47.7 Å². The first kappa shape index (κ1) is 27.1. The van der Waals surface area contributed by atoms with Crippen molar-refractivity contribution in [1.29, 1.82) is 0 Å². The maximum absolute atomic E-state index is 13.8. The van der Waals surface area contributed by atoms with Gasteiger partial charge in [0.25, 0.3) is 5.91 Å². The van der Waals surface area contributed by atoms with Gasteiger partial charge in [0.05, 0.1) is 15.2 Å². The highest BCUT2D eigenvalue weighted by Crippen LogP contribution is 2.59. The van der Waals surface area contributed by atoms with Gasteiger partial charge in [0.1, 0.15) is 16.7 Å². The van der Waals surface area contributed by atoms with Gasteiger partial charge in [-0.25, -0.2) is 22.2 Å². The first-order valence-corrected chi connectivity index (χ1v) is 14.8. The lowest BCUT2D eigenvalue weighted by Crippen LogP contribution is -2.52. The molecule has 202 valence electrons. The maximum atomic E-state index is 13.8. The Morgan fingerprint density at radius 3 is 2.61 bits per heavy atom. The second-order valence-corrected chi connectivity index (χ2v) is 13.6. The zero-order chi connectivity index (χ0) is 27.4. The number of benzene rings is 2. The van der Waals surface area contributed by atoms with Crippen LogP contribution in [-0.4, -0.2) is 40.4 Å². The number of hydrogen-bond acceptors (Lipinski definition) is 7. The molecule has 1 amide bonds. The van der Waals surface area contributed by atoms with E-state index in [0.717, 1.165) is 12.1 Å². The highest BCUT2D eigenvalue weighted by molar-refractivity contribution is 7.92. The van der Waals surface area contributed by atoms with Gasteiger partial charge in [0, 0.05) is 28.9 Å². The second kappa shape index (κ2) is 9.95.